The monoisotopic (exact) mass is 326 g/mol. The average Bonchev–Trinajstić information content (AvgIpc) is 2.51. The van der Waals surface area contributed by atoms with Gasteiger partial charge >= 0.3 is 0 Å². The van der Waals surface area contributed by atoms with Crippen LogP contribution in [-0.2, 0) is 14.2 Å². The second-order valence-corrected chi connectivity index (χ2v) is 5.41. The number of rotatable bonds is 4. The van der Waals surface area contributed by atoms with Gasteiger partial charge in [-0.05, 0) is 0 Å². The molecule has 0 aromatic heterocycles. The van der Waals surface area contributed by atoms with Crippen LogP contribution in [-0.4, -0.2) is 111 Å². The Hall–Kier alpha value is -0.400. The van der Waals surface area contributed by atoms with Crippen LogP contribution >= 0.6 is 0 Å². The Morgan fingerprint density at radius 1 is 0.818 bits per heavy atom. The fourth-order valence-corrected chi connectivity index (χ4v) is 2.52. The Balaban J connectivity index is 2.07. The largest absolute Gasteiger partial charge is 0.394 e. The lowest BCUT2D eigenvalue weighted by molar-refractivity contribution is -0.335. The molecular weight excluding hydrogens is 304 g/mol. The van der Waals surface area contributed by atoms with Gasteiger partial charge in [0.25, 0.3) is 0 Å². The van der Waals surface area contributed by atoms with Crippen molar-refractivity contribution < 1.29 is 50.0 Å². The number of aliphatic hydroxyl groups excluding tert-OH is 7. The highest BCUT2D eigenvalue weighted by molar-refractivity contribution is 4.92. The Labute approximate surface area is 126 Å². The highest BCUT2D eigenvalue weighted by Gasteiger charge is 2.48. The fraction of sp³-hybridized carbons (Fsp3) is 1.00. The third kappa shape index (κ3) is 3.41. The van der Waals surface area contributed by atoms with E-state index in [4.69, 9.17) is 24.4 Å². The second kappa shape index (κ2) is 7.45. The van der Waals surface area contributed by atoms with Crippen LogP contribution in [0, 0.1) is 0 Å². The zero-order valence-electron chi connectivity index (χ0n) is 11.7. The summed E-state index contributed by atoms with van der Waals surface area (Å²) in [7, 11) is 0. The first kappa shape index (κ1) is 17.9. The molecule has 0 radical (unpaired) electrons. The molecule has 0 unspecified atom stereocenters. The molecule has 10 nitrogen and oxygen atoms in total. The number of ether oxygens (including phenoxy) is 3. The summed E-state index contributed by atoms with van der Waals surface area (Å²) in [6.45, 7) is -1.32. The molecule has 2 aliphatic rings. The first-order chi connectivity index (χ1) is 10.4. The lowest BCUT2D eigenvalue weighted by Gasteiger charge is -2.44. The minimum absolute atomic E-state index is 0.204. The van der Waals surface area contributed by atoms with E-state index in [-0.39, 0.29) is 6.61 Å². The highest BCUT2D eigenvalue weighted by atomic mass is 16.7. The standard InChI is InChI=1S/C12H22O10/c13-1-5-8(17)11(4(15)3-20-5)22-12-10(19)9(18)7(16)6(2-14)21-12/h4-19H,1-3H2/t4-,5-,6-,7-,8-,9+,10+,11-,12-/m1/s1. The summed E-state index contributed by atoms with van der Waals surface area (Å²) >= 11 is 0. The Morgan fingerprint density at radius 3 is 2.05 bits per heavy atom. The first-order valence-corrected chi connectivity index (χ1v) is 6.95. The predicted octanol–water partition coefficient (Wildman–Crippen LogP) is -4.72. The summed E-state index contributed by atoms with van der Waals surface area (Å²) in [5, 5.41) is 67.2. The van der Waals surface area contributed by atoms with E-state index in [0.29, 0.717) is 0 Å². The van der Waals surface area contributed by atoms with Gasteiger partial charge in [0.2, 0.25) is 0 Å². The molecule has 2 fully saturated rings. The Bertz CT molecular complexity index is 353. The molecule has 130 valence electrons. The van der Waals surface area contributed by atoms with Crippen molar-refractivity contribution in [2.75, 3.05) is 19.8 Å². The van der Waals surface area contributed by atoms with E-state index in [1.807, 2.05) is 0 Å². The topological polar surface area (TPSA) is 169 Å². The van der Waals surface area contributed by atoms with Gasteiger partial charge in [0.15, 0.2) is 6.29 Å². The summed E-state index contributed by atoms with van der Waals surface area (Å²) in [4.78, 5) is 0. The van der Waals surface area contributed by atoms with Gasteiger partial charge < -0.3 is 50.0 Å². The molecular formula is C12H22O10. The minimum atomic E-state index is -1.65. The van der Waals surface area contributed by atoms with Crippen molar-refractivity contribution in [1.29, 1.82) is 0 Å². The summed E-state index contributed by atoms with van der Waals surface area (Å²) in [5.74, 6) is 0. The maximum Gasteiger partial charge on any atom is 0.187 e. The van der Waals surface area contributed by atoms with E-state index in [0.717, 1.165) is 0 Å². The minimum Gasteiger partial charge on any atom is -0.394 e. The van der Waals surface area contributed by atoms with Crippen molar-refractivity contribution in [3.8, 4) is 0 Å². The van der Waals surface area contributed by atoms with Gasteiger partial charge in [-0.1, -0.05) is 0 Å². The normalized spacial score (nSPS) is 50.0. The highest BCUT2D eigenvalue weighted by Crippen LogP contribution is 2.26. The molecule has 10 heteroatoms. The molecule has 0 saturated carbocycles. The van der Waals surface area contributed by atoms with Crippen molar-refractivity contribution in [1.82, 2.24) is 0 Å². The van der Waals surface area contributed by atoms with E-state index >= 15 is 0 Å². The van der Waals surface area contributed by atoms with Gasteiger partial charge in [0.1, 0.15) is 48.8 Å². The van der Waals surface area contributed by atoms with Crippen molar-refractivity contribution in [3.05, 3.63) is 0 Å². The maximum absolute atomic E-state index is 9.99. The Morgan fingerprint density at radius 2 is 1.45 bits per heavy atom. The lowest BCUT2D eigenvalue weighted by atomic mass is 9.97. The van der Waals surface area contributed by atoms with Gasteiger partial charge in [-0.3, -0.25) is 0 Å². The van der Waals surface area contributed by atoms with Crippen molar-refractivity contribution in [2.45, 2.75) is 55.1 Å². The molecule has 0 aromatic rings. The number of hydrogen-bond donors (Lipinski definition) is 7. The summed E-state index contributed by atoms with van der Waals surface area (Å²) in [6, 6.07) is 0. The lowest BCUT2D eigenvalue weighted by Crippen LogP contribution is -2.63. The molecule has 7 N–H and O–H groups in total. The van der Waals surface area contributed by atoms with E-state index < -0.39 is 68.3 Å². The van der Waals surface area contributed by atoms with Crippen LogP contribution in [0.3, 0.4) is 0 Å². The molecule has 2 rings (SSSR count). The van der Waals surface area contributed by atoms with Crippen LogP contribution in [0.2, 0.25) is 0 Å². The van der Waals surface area contributed by atoms with Crippen molar-refractivity contribution in [2.24, 2.45) is 0 Å². The van der Waals surface area contributed by atoms with Crippen LogP contribution in [0.15, 0.2) is 0 Å². The van der Waals surface area contributed by atoms with Gasteiger partial charge in [0, 0.05) is 0 Å². The van der Waals surface area contributed by atoms with Crippen molar-refractivity contribution >= 4 is 0 Å². The third-order valence-corrected chi connectivity index (χ3v) is 3.90. The van der Waals surface area contributed by atoms with Crippen molar-refractivity contribution in [3.63, 3.8) is 0 Å². The van der Waals surface area contributed by atoms with Crippen LogP contribution in [0.4, 0.5) is 0 Å². The van der Waals surface area contributed by atoms with Gasteiger partial charge in [-0.15, -0.1) is 0 Å². The van der Waals surface area contributed by atoms with Gasteiger partial charge in [0.05, 0.1) is 19.8 Å². The maximum atomic E-state index is 9.99. The van der Waals surface area contributed by atoms with E-state index in [1.54, 1.807) is 0 Å². The predicted molar refractivity (Wildman–Crippen MR) is 67.5 cm³/mol. The fourth-order valence-electron chi connectivity index (χ4n) is 2.52. The van der Waals surface area contributed by atoms with E-state index in [1.165, 1.54) is 0 Å². The molecule has 22 heavy (non-hydrogen) atoms. The summed E-state index contributed by atoms with van der Waals surface area (Å²) in [5.41, 5.74) is 0. The number of hydrogen-bond acceptors (Lipinski definition) is 10. The Kier molecular flexibility index (Phi) is 6.07. The molecule has 0 aliphatic carbocycles. The summed E-state index contributed by atoms with van der Waals surface area (Å²) < 4.78 is 15.5. The van der Waals surface area contributed by atoms with E-state index in [2.05, 4.69) is 0 Å². The molecule has 0 spiro atoms. The molecule has 9 atom stereocenters. The summed E-state index contributed by atoms with van der Waals surface area (Å²) in [6.07, 6.45) is -12.3. The average molecular weight is 326 g/mol. The number of aliphatic hydroxyl groups is 7. The first-order valence-electron chi connectivity index (χ1n) is 6.95. The molecule has 2 aliphatic heterocycles. The smallest absolute Gasteiger partial charge is 0.187 e. The molecule has 2 heterocycles. The van der Waals surface area contributed by atoms with Gasteiger partial charge in [-0.25, -0.2) is 0 Å². The second-order valence-electron chi connectivity index (χ2n) is 5.41. The third-order valence-electron chi connectivity index (χ3n) is 3.90. The van der Waals surface area contributed by atoms with Crippen LogP contribution in [0.25, 0.3) is 0 Å². The zero-order valence-corrected chi connectivity index (χ0v) is 11.7. The van der Waals surface area contributed by atoms with E-state index in [9.17, 15) is 25.5 Å². The van der Waals surface area contributed by atoms with Crippen LogP contribution in [0.1, 0.15) is 0 Å². The molecule has 0 amide bonds. The van der Waals surface area contributed by atoms with Crippen LogP contribution in [0.5, 0.6) is 0 Å². The van der Waals surface area contributed by atoms with Crippen LogP contribution < -0.4 is 0 Å². The zero-order chi connectivity index (χ0) is 16.4. The van der Waals surface area contributed by atoms with Gasteiger partial charge in [-0.2, -0.15) is 0 Å². The quantitative estimate of drug-likeness (QED) is 0.266. The molecule has 2 saturated heterocycles. The molecule has 0 aromatic carbocycles. The SMILES string of the molecule is OC[C@H]1O[C@H](O[C@H]2[C@H](O)[C@@H](CO)OC[C@H]2O)[C@@H](O)[C@@H](O)[C@@H]1O. The molecule has 0 bridgehead atoms.